The number of methoxy groups -OCH3 is 1. The molecule has 0 aliphatic carbocycles. The van der Waals surface area contributed by atoms with E-state index in [0.29, 0.717) is 0 Å². The molecule has 1 unspecified atom stereocenters. The molecule has 0 heterocycles. The molecule has 1 amide bonds. The highest BCUT2D eigenvalue weighted by molar-refractivity contribution is 7.91. The van der Waals surface area contributed by atoms with Gasteiger partial charge in [0.1, 0.15) is 0 Å². The van der Waals surface area contributed by atoms with Crippen molar-refractivity contribution in [3.63, 3.8) is 0 Å². The molecule has 6 nitrogen and oxygen atoms in total. The summed E-state index contributed by atoms with van der Waals surface area (Å²) in [6.07, 6.45) is 0.429. The van der Waals surface area contributed by atoms with Gasteiger partial charge in [-0.25, -0.2) is 8.42 Å². The highest BCUT2D eigenvalue weighted by atomic mass is 32.2. The van der Waals surface area contributed by atoms with Crippen LogP contribution in [-0.2, 0) is 24.2 Å². The lowest BCUT2D eigenvalue weighted by Gasteiger charge is -2.09. The molecule has 0 fully saturated rings. The van der Waals surface area contributed by atoms with Crippen LogP contribution >= 0.6 is 0 Å². The first-order valence-corrected chi connectivity index (χ1v) is 7.13. The minimum Gasteiger partial charge on any atom is -0.469 e. The van der Waals surface area contributed by atoms with Crippen LogP contribution in [0.25, 0.3) is 0 Å². The van der Waals surface area contributed by atoms with E-state index in [1.54, 1.807) is 0 Å². The van der Waals surface area contributed by atoms with Crippen LogP contribution in [0, 0.1) is 5.92 Å². The third-order valence-electron chi connectivity index (χ3n) is 2.25. The summed E-state index contributed by atoms with van der Waals surface area (Å²) in [5, 5.41) is 2.41. The minimum absolute atomic E-state index is 0.0955. The number of carbonyl (C=O) groups is 2. The molecule has 0 aliphatic heterocycles. The number of ether oxygens (including phenoxy) is 1. The normalized spacial score (nSPS) is 12.9. The van der Waals surface area contributed by atoms with E-state index in [9.17, 15) is 18.0 Å². The SMILES string of the molecule is CNC(=O)CCCS(=O)(=O)CC(C)C(=O)OC. The minimum atomic E-state index is -3.32. The Balaban J connectivity index is 4.13. The molecule has 0 bridgehead atoms. The highest BCUT2D eigenvalue weighted by Crippen LogP contribution is 2.06. The van der Waals surface area contributed by atoms with Gasteiger partial charge in [0.2, 0.25) is 5.91 Å². The summed E-state index contributed by atoms with van der Waals surface area (Å²) in [6.45, 7) is 1.50. The van der Waals surface area contributed by atoms with E-state index in [4.69, 9.17) is 0 Å². The van der Waals surface area contributed by atoms with Gasteiger partial charge >= 0.3 is 5.97 Å². The van der Waals surface area contributed by atoms with Gasteiger partial charge in [-0.2, -0.15) is 0 Å². The Bertz CT molecular complexity index is 363. The van der Waals surface area contributed by atoms with Gasteiger partial charge in [0.15, 0.2) is 9.84 Å². The average molecular weight is 265 g/mol. The van der Waals surface area contributed by atoms with Crippen LogP contribution in [0.15, 0.2) is 0 Å². The lowest BCUT2D eigenvalue weighted by Crippen LogP contribution is -2.25. The topological polar surface area (TPSA) is 89.5 Å². The quantitative estimate of drug-likeness (QED) is 0.640. The van der Waals surface area contributed by atoms with Crippen LogP contribution in [0.2, 0.25) is 0 Å². The average Bonchev–Trinajstić information content (AvgIpc) is 2.26. The van der Waals surface area contributed by atoms with Crippen molar-refractivity contribution in [1.82, 2.24) is 5.32 Å². The standard InChI is InChI=1S/C10H19NO5S/c1-8(10(13)16-3)7-17(14,15)6-4-5-9(12)11-2/h8H,4-7H2,1-3H3,(H,11,12). The maximum absolute atomic E-state index is 11.6. The number of sulfone groups is 1. The van der Waals surface area contributed by atoms with E-state index in [-0.39, 0.29) is 30.3 Å². The predicted molar refractivity (Wildman–Crippen MR) is 63.1 cm³/mol. The van der Waals surface area contributed by atoms with Crippen LogP contribution in [0.1, 0.15) is 19.8 Å². The van der Waals surface area contributed by atoms with Gasteiger partial charge in [-0.05, 0) is 6.42 Å². The Morgan fingerprint density at radius 2 is 1.94 bits per heavy atom. The van der Waals surface area contributed by atoms with Gasteiger partial charge in [-0.3, -0.25) is 9.59 Å². The van der Waals surface area contributed by atoms with Gasteiger partial charge in [0.05, 0.1) is 24.5 Å². The Labute approximate surface area is 102 Å². The van der Waals surface area contributed by atoms with Crippen molar-refractivity contribution in [2.45, 2.75) is 19.8 Å². The van der Waals surface area contributed by atoms with Crippen LogP contribution in [0.3, 0.4) is 0 Å². The number of rotatable bonds is 7. The molecule has 0 saturated carbocycles. The van der Waals surface area contributed by atoms with E-state index in [1.807, 2.05) is 0 Å². The lowest BCUT2D eigenvalue weighted by molar-refractivity contribution is -0.144. The highest BCUT2D eigenvalue weighted by Gasteiger charge is 2.21. The first kappa shape index (κ1) is 15.9. The summed E-state index contributed by atoms with van der Waals surface area (Å²) in [6, 6.07) is 0. The summed E-state index contributed by atoms with van der Waals surface area (Å²) in [7, 11) is -0.605. The van der Waals surface area contributed by atoms with E-state index < -0.39 is 21.7 Å². The first-order valence-electron chi connectivity index (χ1n) is 5.31. The molecule has 7 heteroatoms. The Kier molecular flexibility index (Phi) is 6.79. The largest absolute Gasteiger partial charge is 0.469 e. The monoisotopic (exact) mass is 265 g/mol. The zero-order valence-corrected chi connectivity index (χ0v) is 11.2. The smallest absolute Gasteiger partial charge is 0.309 e. The van der Waals surface area contributed by atoms with Gasteiger partial charge in [0.25, 0.3) is 0 Å². The van der Waals surface area contributed by atoms with Crippen molar-refractivity contribution < 1.29 is 22.7 Å². The summed E-state index contributed by atoms with van der Waals surface area (Å²) in [5.41, 5.74) is 0. The molecule has 0 rings (SSSR count). The molecule has 17 heavy (non-hydrogen) atoms. The van der Waals surface area contributed by atoms with Crippen LogP contribution in [0.5, 0.6) is 0 Å². The van der Waals surface area contributed by atoms with Crippen LogP contribution in [-0.4, -0.2) is 46.0 Å². The number of amides is 1. The summed E-state index contributed by atoms with van der Waals surface area (Å²) < 4.78 is 27.6. The molecule has 0 aromatic carbocycles. The summed E-state index contributed by atoms with van der Waals surface area (Å²) >= 11 is 0. The zero-order chi connectivity index (χ0) is 13.5. The van der Waals surface area contributed by atoms with Gasteiger partial charge in [-0.15, -0.1) is 0 Å². The van der Waals surface area contributed by atoms with E-state index in [2.05, 4.69) is 10.1 Å². The van der Waals surface area contributed by atoms with Gasteiger partial charge in [0, 0.05) is 13.5 Å². The van der Waals surface area contributed by atoms with E-state index >= 15 is 0 Å². The first-order chi connectivity index (χ1) is 7.82. The fourth-order valence-electron chi connectivity index (χ4n) is 1.31. The molecular formula is C10H19NO5S. The number of nitrogens with one attached hydrogen (secondary N) is 1. The van der Waals surface area contributed by atoms with Crippen LogP contribution < -0.4 is 5.32 Å². The Morgan fingerprint density at radius 1 is 1.35 bits per heavy atom. The van der Waals surface area contributed by atoms with Crippen LogP contribution in [0.4, 0.5) is 0 Å². The molecule has 0 aromatic heterocycles. The van der Waals surface area contributed by atoms with Crippen molar-refractivity contribution in [2.24, 2.45) is 5.92 Å². The predicted octanol–water partition coefficient (Wildman–Crippen LogP) is -0.263. The third-order valence-corrected chi connectivity index (χ3v) is 4.16. The van der Waals surface area contributed by atoms with Gasteiger partial charge in [-0.1, -0.05) is 6.92 Å². The maximum atomic E-state index is 11.6. The second kappa shape index (κ2) is 7.26. The lowest BCUT2D eigenvalue weighted by atomic mass is 10.2. The Morgan fingerprint density at radius 3 is 2.41 bits per heavy atom. The molecule has 0 radical (unpaired) electrons. The van der Waals surface area contributed by atoms with Gasteiger partial charge < -0.3 is 10.1 Å². The maximum Gasteiger partial charge on any atom is 0.309 e. The molecular weight excluding hydrogens is 246 g/mol. The summed E-state index contributed by atoms with van der Waals surface area (Å²) in [5.74, 6) is -1.75. The van der Waals surface area contributed by atoms with E-state index in [1.165, 1.54) is 21.1 Å². The van der Waals surface area contributed by atoms with Crippen molar-refractivity contribution in [3.8, 4) is 0 Å². The second-order valence-corrected chi connectivity index (χ2v) is 6.04. The van der Waals surface area contributed by atoms with E-state index in [0.717, 1.165) is 0 Å². The summed E-state index contributed by atoms with van der Waals surface area (Å²) in [4.78, 5) is 22.0. The van der Waals surface area contributed by atoms with Crippen molar-refractivity contribution >= 4 is 21.7 Å². The second-order valence-electron chi connectivity index (χ2n) is 3.82. The molecule has 1 atom stereocenters. The fraction of sp³-hybridized carbons (Fsp3) is 0.800. The third kappa shape index (κ3) is 6.93. The molecule has 0 spiro atoms. The molecule has 0 aromatic rings. The van der Waals surface area contributed by atoms with Crippen molar-refractivity contribution in [3.05, 3.63) is 0 Å². The molecule has 0 aliphatic rings. The number of carbonyl (C=O) groups excluding carboxylic acids is 2. The number of esters is 1. The van der Waals surface area contributed by atoms with Crippen molar-refractivity contribution in [2.75, 3.05) is 25.7 Å². The number of hydrogen-bond acceptors (Lipinski definition) is 5. The zero-order valence-electron chi connectivity index (χ0n) is 10.4. The van der Waals surface area contributed by atoms with Crippen molar-refractivity contribution in [1.29, 1.82) is 0 Å². The number of hydrogen-bond donors (Lipinski definition) is 1. The fourth-order valence-corrected chi connectivity index (χ4v) is 2.96. The Hall–Kier alpha value is -1.11. The molecule has 100 valence electrons. The molecule has 1 N–H and O–H groups in total. The molecule has 0 saturated heterocycles.